The summed E-state index contributed by atoms with van der Waals surface area (Å²) in [5.74, 6) is -1.44. The summed E-state index contributed by atoms with van der Waals surface area (Å²) in [6.45, 7) is 3.25. The zero-order valence-corrected chi connectivity index (χ0v) is 11.5. The van der Waals surface area contributed by atoms with E-state index < -0.39 is 17.4 Å². The molecule has 0 spiro atoms. The molecule has 1 aliphatic heterocycles. The molecule has 1 heterocycles. The summed E-state index contributed by atoms with van der Waals surface area (Å²) < 4.78 is 26.6. The maximum atomic E-state index is 13.5. The summed E-state index contributed by atoms with van der Waals surface area (Å²) in [6, 6.07) is 2.92. The van der Waals surface area contributed by atoms with Crippen LogP contribution >= 0.6 is 0 Å². The Morgan fingerprint density at radius 2 is 2.05 bits per heavy atom. The van der Waals surface area contributed by atoms with Crippen molar-refractivity contribution in [3.05, 3.63) is 35.4 Å². The van der Waals surface area contributed by atoms with Crippen molar-refractivity contribution < 1.29 is 18.7 Å². The lowest BCUT2D eigenvalue weighted by molar-refractivity contribution is 0.0663. The van der Waals surface area contributed by atoms with E-state index in [9.17, 15) is 18.7 Å². The quantitative estimate of drug-likeness (QED) is 0.862. The van der Waals surface area contributed by atoms with Gasteiger partial charge in [-0.3, -0.25) is 9.69 Å². The van der Waals surface area contributed by atoms with E-state index in [1.54, 1.807) is 6.92 Å². The Balaban J connectivity index is 1.94. The normalized spacial score (nSPS) is 19.0. The minimum atomic E-state index is -0.685. The molecule has 5 heteroatoms. The molecule has 110 valence electrons. The highest BCUT2D eigenvalue weighted by molar-refractivity contribution is 5.97. The molecule has 20 heavy (non-hydrogen) atoms. The van der Waals surface area contributed by atoms with E-state index in [4.69, 9.17) is 0 Å². The van der Waals surface area contributed by atoms with E-state index in [1.165, 1.54) is 0 Å². The molecule has 1 unspecified atom stereocenters. The molecule has 0 aromatic heterocycles. The van der Waals surface area contributed by atoms with Crippen molar-refractivity contribution in [3.8, 4) is 0 Å². The van der Waals surface area contributed by atoms with Gasteiger partial charge in [-0.2, -0.15) is 0 Å². The van der Waals surface area contributed by atoms with E-state index in [-0.39, 0.29) is 24.1 Å². The molecule has 1 aromatic carbocycles. The Hall–Kier alpha value is -1.33. The van der Waals surface area contributed by atoms with Crippen LogP contribution in [-0.2, 0) is 0 Å². The molecule has 2 rings (SSSR count). The molecular formula is C15H19F2NO2. The molecule has 1 aliphatic rings. The van der Waals surface area contributed by atoms with E-state index in [0.717, 1.165) is 31.0 Å². The summed E-state index contributed by atoms with van der Waals surface area (Å²) in [7, 11) is 0. The zero-order valence-electron chi connectivity index (χ0n) is 11.5. The summed E-state index contributed by atoms with van der Waals surface area (Å²) in [6.07, 6.45) is 1.29. The number of carbonyl (C=O) groups excluding carboxylic acids is 1. The van der Waals surface area contributed by atoms with Gasteiger partial charge in [-0.15, -0.1) is 0 Å². The number of ketones is 1. The summed E-state index contributed by atoms with van der Waals surface area (Å²) >= 11 is 0. The lowest BCUT2D eigenvalue weighted by atomic mass is 9.92. The van der Waals surface area contributed by atoms with Crippen LogP contribution in [0.15, 0.2) is 18.2 Å². The van der Waals surface area contributed by atoms with Gasteiger partial charge in [-0.25, -0.2) is 8.78 Å². The highest BCUT2D eigenvalue weighted by Gasteiger charge is 2.24. The van der Waals surface area contributed by atoms with Gasteiger partial charge >= 0.3 is 0 Å². The first-order valence-electron chi connectivity index (χ1n) is 6.86. The Morgan fingerprint density at radius 1 is 1.40 bits per heavy atom. The Morgan fingerprint density at radius 3 is 2.65 bits per heavy atom. The van der Waals surface area contributed by atoms with Crippen LogP contribution in [0.2, 0.25) is 0 Å². The van der Waals surface area contributed by atoms with Crippen LogP contribution < -0.4 is 0 Å². The van der Waals surface area contributed by atoms with Gasteiger partial charge in [0.15, 0.2) is 5.78 Å². The molecular weight excluding hydrogens is 264 g/mol. The predicted molar refractivity (Wildman–Crippen MR) is 71.5 cm³/mol. The molecule has 0 saturated carbocycles. The fourth-order valence-corrected chi connectivity index (χ4v) is 2.59. The van der Waals surface area contributed by atoms with Crippen molar-refractivity contribution in [1.29, 1.82) is 0 Å². The number of piperidine rings is 1. The van der Waals surface area contributed by atoms with Gasteiger partial charge in [-0.1, -0.05) is 0 Å². The molecule has 0 bridgehead atoms. The monoisotopic (exact) mass is 283 g/mol. The van der Waals surface area contributed by atoms with Crippen LogP contribution in [0.3, 0.4) is 0 Å². The SMILES string of the molecule is CC(O)C1CCN(CC(=O)c2cc(F)ccc2F)CC1. The van der Waals surface area contributed by atoms with Crippen LogP contribution in [0.4, 0.5) is 8.78 Å². The lowest BCUT2D eigenvalue weighted by Crippen LogP contribution is -2.39. The van der Waals surface area contributed by atoms with Crippen molar-refractivity contribution >= 4 is 5.78 Å². The van der Waals surface area contributed by atoms with Gasteiger partial charge in [-0.05, 0) is 57.0 Å². The van der Waals surface area contributed by atoms with Gasteiger partial charge in [0.1, 0.15) is 11.6 Å². The molecule has 0 amide bonds. The fourth-order valence-electron chi connectivity index (χ4n) is 2.59. The second kappa shape index (κ2) is 6.41. The van der Waals surface area contributed by atoms with Crippen molar-refractivity contribution in [2.24, 2.45) is 5.92 Å². The number of aliphatic hydroxyl groups excluding tert-OH is 1. The molecule has 1 atom stereocenters. The van der Waals surface area contributed by atoms with Crippen molar-refractivity contribution in [3.63, 3.8) is 0 Å². The Labute approximate surface area is 117 Å². The van der Waals surface area contributed by atoms with Gasteiger partial charge in [0.05, 0.1) is 18.2 Å². The van der Waals surface area contributed by atoms with Crippen molar-refractivity contribution in [2.45, 2.75) is 25.9 Å². The van der Waals surface area contributed by atoms with Gasteiger partial charge < -0.3 is 5.11 Å². The molecule has 1 N–H and O–H groups in total. The van der Waals surface area contributed by atoms with E-state index in [2.05, 4.69) is 0 Å². The number of Topliss-reactive ketones (excluding diaryl/α,β-unsaturated/α-hetero) is 1. The standard InChI is InChI=1S/C15H19F2NO2/c1-10(19)11-4-6-18(7-5-11)9-15(20)13-8-12(16)2-3-14(13)17/h2-3,8,10-11,19H,4-7,9H2,1H3. The minimum absolute atomic E-state index is 0.0902. The lowest BCUT2D eigenvalue weighted by Gasteiger charge is -2.32. The van der Waals surface area contributed by atoms with Gasteiger partial charge in [0.25, 0.3) is 0 Å². The van der Waals surface area contributed by atoms with Crippen LogP contribution in [-0.4, -0.2) is 41.5 Å². The molecule has 1 fully saturated rings. The molecule has 0 aliphatic carbocycles. The summed E-state index contributed by atoms with van der Waals surface area (Å²) in [5, 5.41) is 9.51. The van der Waals surface area contributed by atoms with Crippen LogP contribution in [0.5, 0.6) is 0 Å². The fraction of sp³-hybridized carbons (Fsp3) is 0.533. The third-order valence-corrected chi connectivity index (χ3v) is 3.91. The first-order valence-corrected chi connectivity index (χ1v) is 6.86. The predicted octanol–water partition coefficient (Wildman–Crippen LogP) is 2.24. The largest absolute Gasteiger partial charge is 0.393 e. The molecule has 1 aromatic rings. The van der Waals surface area contributed by atoms with Gasteiger partial charge in [0, 0.05) is 0 Å². The molecule has 1 saturated heterocycles. The van der Waals surface area contributed by atoms with E-state index >= 15 is 0 Å². The van der Waals surface area contributed by atoms with E-state index in [1.807, 2.05) is 4.90 Å². The topological polar surface area (TPSA) is 40.5 Å². The summed E-state index contributed by atoms with van der Waals surface area (Å²) in [4.78, 5) is 13.9. The second-order valence-corrected chi connectivity index (χ2v) is 5.40. The Bertz CT molecular complexity index is 483. The average molecular weight is 283 g/mol. The highest BCUT2D eigenvalue weighted by atomic mass is 19.1. The zero-order chi connectivity index (χ0) is 14.7. The third kappa shape index (κ3) is 3.61. The molecule has 0 radical (unpaired) electrons. The average Bonchev–Trinajstić information content (AvgIpc) is 2.42. The smallest absolute Gasteiger partial charge is 0.179 e. The number of benzene rings is 1. The number of likely N-dealkylation sites (tertiary alicyclic amines) is 1. The first-order chi connectivity index (χ1) is 9.47. The van der Waals surface area contributed by atoms with Crippen LogP contribution in [0.25, 0.3) is 0 Å². The van der Waals surface area contributed by atoms with Crippen molar-refractivity contribution in [2.75, 3.05) is 19.6 Å². The summed E-state index contributed by atoms with van der Waals surface area (Å²) in [5.41, 5.74) is -0.192. The number of nitrogens with zero attached hydrogens (tertiary/aromatic N) is 1. The van der Waals surface area contributed by atoms with Crippen LogP contribution in [0, 0.1) is 17.6 Å². The van der Waals surface area contributed by atoms with Gasteiger partial charge in [0.2, 0.25) is 0 Å². The minimum Gasteiger partial charge on any atom is -0.393 e. The number of halogens is 2. The number of carbonyl (C=O) groups is 1. The number of hydrogen-bond acceptors (Lipinski definition) is 3. The maximum Gasteiger partial charge on any atom is 0.179 e. The second-order valence-electron chi connectivity index (χ2n) is 5.40. The number of hydrogen-bond donors (Lipinski definition) is 1. The van der Waals surface area contributed by atoms with E-state index in [0.29, 0.717) is 13.1 Å². The molecule has 3 nitrogen and oxygen atoms in total. The van der Waals surface area contributed by atoms with Crippen LogP contribution in [0.1, 0.15) is 30.1 Å². The first kappa shape index (κ1) is 15.1. The third-order valence-electron chi connectivity index (χ3n) is 3.91. The Kier molecular flexibility index (Phi) is 4.83. The maximum absolute atomic E-state index is 13.5. The van der Waals surface area contributed by atoms with Crippen molar-refractivity contribution in [1.82, 2.24) is 4.90 Å². The number of rotatable bonds is 4. The number of aliphatic hydroxyl groups is 1. The highest BCUT2D eigenvalue weighted by Crippen LogP contribution is 2.21.